The topological polar surface area (TPSA) is 127 Å². The number of halogens is 1. The zero-order valence-corrected chi connectivity index (χ0v) is 15.2. The predicted octanol–water partition coefficient (Wildman–Crippen LogP) is -1.31. The van der Waals surface area contributed by atoms with Gasteiger partial charge in [0.1, 0.15) is 5.82 Å². The van der Waals surface area contributed by atoms with E-state index in [2.05, 4.69) is 25.8 Å². The Morgan fingerprint density at radius 2 is 1.79 bits per heavy atom. The molecule has 11 heteroatoms. The lowest BCUT2D eigenvalue weighted by Gasteiger charge is -2.11. The highest BCUT2D eigenvalue weighted by molar-refractivity contribution is 5.70. The molecule has 0 saturated heterocycles. The van der Waals surface area contributed by atoms with E-state index in [0.717, 1.165) is 4.57 Å². The van der Waals surface area contributed by atoms with Gasteiger partial charge in [0.05, 0.1) is 18.8 Å². The van der Waals surface area contributed by atoms with Crippen molar-refractivity contribution in [2.45, 2.75) is 6.54 Å². The molecule has 0 spiro atoms. The molecule has 3 N–H and O–H groups in total. The van der Waals surface area contributed by atoms with Gasteiger partial charge in [-0.15, -0.1) is 10.2 Å². The van der Waals surface area contributed by atoms with Crippen LogP contribution in [0, 0.1) is 5.82 Å². The van der Waals surface area contributed by atoms with Gasteiger partial charge in [0, 0.05) is 26.7 Å². The van der Waals surface area contributed by atoms with Crippen molar-refractivity contribution in [2.24, 2.45) is 7.05 Å². The van der Waals surface area contributed by atoms with E-state index in [1.807, 2.05) is 0 Å². The van der Waals surface area contributed by atoms with Crippen molar-refractivity contribution in [3.05, 3.63) is 56.7 Å². The molecule has 0 bridgehead atoms. The van der Waals surface area contributed by atoms with Crippen molar-refractivity contribution in [2.75, 3.05) is 26.2 Å². The summed E-state index contributed by atoms with van der Waals surface area (Å²) in [6, 6.07) is 5.25. The first-order valence-electron chi connectivity index (χ1n) is 8.66. The molecule has 3 rings (SSSR count). The largest absolute Gasteiger partial charge is 0.395 e. The lowest BCUT2D eigenvalue weighted by molar-refractivity contribution is 0.292. The molecule has 0 aliphatic heterocycles. The van der Waals surface area contributed by atoms with Gasteiger partial charge >= 0.3 is 5.69 Å². The summed E-state index contributed by atoms with van der Waals surface area (Å²) in [4.78, 5) is 29.3. The number of hydrogen-bond acceptors (Lipinski definition) is 8. The second-order valence-corrected chi connectivity index (χ2v) is 6.01. The highest BCUT2D eigenvalue weighted by atomic mass is 19.1. The molecule has 10 nitrogen and oxygen atoms in total. The number of hydrogen-bond donors (Lipinski definition) is 3. The zero-order chi connectivity index (χ0) is 20.1. The quantitative estimate of drug-likeness (QED) is 0.405. The van der Waals surface area contributed by atoms with E-state index in [4.69, 9.17) is 5.11 Å². The summed E-state index contributed by atoms with van der Waals surface area (Å²) in [6.45, 7) is 2.11. The van der Waals surface area contributed by atoms with Gasteiger partial charge in [-0.1, -0.05) is 0 Å². The molecule has 1 aromatic carbocycles. The summed E-state index contributed by atoms with van der Waals surface area (Å²) >= 11 is 0. The Morgan fingerprint density at radius 1 is 1.07 bits per heavy atom. The van der Waals surface area contributed by atoms with E-state index >= 15 is 0 Å². The maximum Gasteiger partial charge on any atom is 0.337 e. The van der Waals surface area contributed by atoms with Crippen molar-refractivity contribution < 1.29 is 9.50 Å². The lowest BCUT2D eigenvalue weighted by Crippen LogP contribution is -2.38. The van der Waals surface area contributed by atoms with Crippen molar-refractivity contribution in [3.63, 3.8) is 0 Å². The van der Waals surface area contributed by atoms with Crippen molar-refractivity contribution in [1.82, 2.24) is 34.9 Å². The number of fused-ring (bicyclic) bond motifs is 1. The highest BCUT2D eigenvalue weighted by Crippen LogP contribution is 2.11. The van der Waals surface area contributed by atoms with Crippen LogP contribution in [-0.4, -0.2) is 55.7 Å². The molecule has 3 aromatic rings. The average molecular weight is 389 g/mol. The first-order chi connectivity index (χ1) is 13.5. The fourth-order valence-corrected chi connectivity index (χ4v) is 2.61. The van der Waals surface area contributed by atoms with Crippen LogP contribution in [0.15, 0.2) is 33.9 Å². The molecule has 0 atom stereocenters. The molecule has 2 heterocycles. The minimum absolute atomic E-state index is 0.00312. The Morgan fingerprint density at radius 3 is 2.50 bits per heavy atom. The highest BCUT2D eigenvalue weighted by Gasteiger charge is 2.16. The maximum atomic E-state index is 13.2. The molecule has 0 aliphatic rings. The molecule has 0 radical (unpaired) electrons. The van der Waals surface area contributed by atoms with E-state index in [1.54, 1.807) is 0 Å². The summed E-state index contributed by atoms with van der Waals surface area (Å²) in [5, 5.41) is 22.8. The summed E-state index contributed by atoms with van der Waals surface area (Å²) < 4.78 is 15.3. The number of aliphatic hydroxyl groups excluding tert-OH is 1. The van der Waals surface area contributed by atoms with Crippen molar-refractivity contribution in [3.8, 4) is 5.69 Å². The van der Waals surface area contributed by atoms with Crippen LogP contribution in [0.25, 0.3) is 16.9 Å². The summed E-state index contributed by atoms with van der Waals surface area (Å²) in [5.41, 5.74) is -0.853. The number of nitrogens with one attached hydrogen (secondary N) is 2. The Hall–Kier alpha value is -3.02. The first-order valence-corrected chi connectivity index (χ1v) is 8.66. The van der Waals surface area contributed by atoms with Gasteiger partial charge in [0.2, 0.25) is 0 Å². The molecule has 0 aliphatic carbocycles. The van der Waals surface area contributed by atoms with Gasteiger partial charge in [-0.2, -0.15) is 0 Å². The fourth-order valence-electron chi connectivity index (χ4n) is 2.61. The van der Waals surface area contributed by atoms with Crippen LogP contribution >= 0.6 is 0 Å². The zero-order valence-electron chi connectivity index (χ0n) is 15.2. The summed E-state index contributed by atoms with van der Waals surface area (Å²) in [6.07, 6.45) is 0. The maximum absolute atomic E-state index is 13.2. The molecule has 2 aromatic heterocycles. The van der Waals surface area contributed by atoms with Gasteiger partial charge < -0.3 is 15.7 Å². The second-order valence-electron chi connectivity index (χ2n) is 6.01. The molecule has 0 saturated carbocycles. The normalized spacial score (nSPS) is 11.2. The van der Waals surface area contributed by atoms with Crippen LogP contribution in [0.2, 0.25) is 0 Å². The number of nitrogens with zero attached hydrogens (tertiary/aromatic N) is 5. The lowest BCUT2D eigenvalue weighted by atomic mass is 10.3. The number of aromatic nitrogens is 5. The first kappa shape index (κ1) is 19.7. The number of aliphatic hydroxyl groups is 1. The molecular weight excluding hydrogens is 369 g/mol. The number of rotatable bonds is 8. The fraction of sp³-hybridized carbons (Fsp3) is 0.353. The molecular formula is C17H20FN7O3. The smallest absolute Gasteiger partial charge is 0.337 e. The molecule has 0 amide bonds. The van der Waals surface area contributed by atoms with Gasteiger partial charge in [-0.25, -0.2) is 18.7 Å². The van der Waals surface area contributed by atoms with Crippen molar-refractivity contribution in [1.29, 1.82) is 0 Å². The third kappa shape index (κ3) is 4.11. The van der Waals surface area contributed by atoms with Gasteiger partial charge in [-0.3, -0.25) is 9.36 Å². The van der Waals surface area contributed by atoms with Gasteiger partial charge in [0.25, 0.3) is 5.56 Å². The number of benzene rings is 1. The van der Waals surface area contributed by atoms with E-state index < -0.39 is 17.1 Å². The van der Waals surface area contributed by atoms with E-state index in [9.17, 15) is 14.0 Å². The van der Waals surface area contributed by atoms with Crippen LogP contribution in [0.5, 0.6) is 0 Å². The van der Waals surface area contributed by atoms with Crippen LogP contribution in [-0.2, 0) is 13.6 Å². The molecule has 148 valence electrons. The minimum Gasteiger partial charge on any atom is -0.395 e. The average Bonchev–Trinajstić information content (AvgIpc) is 2.70. The molecule has 28 heavy (non-hydrogen) atoms. The van der Waals surface area contributed by atoms with Crippen LogP contribution in [0.3, 0.4) is 0 Å². The summed E-state index contributed by atoms with van der Waals surface area (Å²) in [5.74, 6) is -0.145. The SMILES string of the molecule is Cn1c(=O)c2nc(CNCCNCCO)nnc2n(-c2ccc(F)cc2)c1=O. The Bertz CT molecular complexity index is 1080. The van der Waals surface area contributed by atoms with Crippen LogP contribution < -0.4 is 21.9 Å². The van der Waals surface area contributed by atoms with Crippen LogP contribution in [0.1, 0.15) is 5.82 Å². The second kappa shape index (κ2) is 8.78. The Balaban J connectivity index is 1.94. The van der Waals surface area contributed by atoms with E-state index in [-0.39, 0.29) is 24.3 Å². The van der Waals surface area contributed by atoms with Gasteiger partial charge in [0.15, 0.2) is 17.0 Å². The Labute approximate surface area is 158 Å². The third-order valence-electron chi connectivity index (χ3n) is 4.05. The standard InChI is InChI=1S/C17H20FN7O3/c1-24-16(27)14-15(25(17(24)28)12-4-2-11(18)3-5-12)23-22-13(21-14)10-20-7-6-19-8-9-26/h2-5,19-20,26H,6-10H2,1H3. The van der Waals surface area contributed by atoms with Crippen molar-refractivity contribution >= 4 is 11.2 Å². The molecule has 0 unspecified atom stereocenters. The monoisotopic (exact) mass is 389 g/mol. The van der Waals surface area contributed by atoms with Crippen LogP contribution in [0.4, 0.5) is 4.39 Å². The predicted molar refractivity (Wildman–Crippen MR) is 99.8 cm³/mol. The van der Waals surface area contributed by atoms with E-state index in [1.165, 1.54) is 35.9 Å². The molecule has 0 fully saturated rings. The third-order valence-corrected chi connectivity index (χ3v) is 4.05. The van der Waals surface area contributed by atoms with E-state index in [0.29, 0.717) is 31.1 Å². The minimum atomic E-state index is -0.624. The Kier molecular flexibility index (Phi) is 6.19. The van der Waals surface area contributed by atoms with Gasteiger partial charge in [-0.05, 0) is 24.3 Å². The summed E-state index contributed by atoms with van der Waals surface area (Å²) in [7, 11) is 1.34.